The third-order valence-corrected chi connectivity index (χ3v) is 5.99. The van der Waals surface area contributed by atoms with Crippen LogP contribution in [-0.4, -0.2) is 33.8 Å². The molecule has 134 valence electrons. The van der Waals surface area contributed by atoms with Crippen molar-refractivity contribution in [1.82, 2.24) is 14.7 Å². The second-order valence-electron chi connectivity index (χ2n) is 7.92. The number of benzene rings is 1. The molecule has 4 rings (SSSR count). The van der Waals surface area contributed by atoms with Crippen LogP contribution in [0.3, 0.4) is 0 Å². The molecular weight excluding hydrogens is 308 g/mol. The van der Waals surface area contributed by atoms with Crippen molar-refractivity contribution in [3.63, 3.8) is 0 Å². The van der Waals surface area contributed by atoms with Crippen molar-refractivity contribution in [2.24, 2.45) is 12.8 Å². The van der Waals surface area contributed by atoms with Crippen molar-refractivity contribution in [1.29, 1.82) is 0 Å². The lowest BCUT2D eigenvalue weighted by atomic mass is 9.85. The van der Waals surface area contributed by atoms with E-state index in [0.717, 1.165) is 19.6 Å². The fourth-order valence-corrected chi connectivity index (χ4v) is 4.73. The van der Waals surface area contributed by atoms with Crippen molar-refractivity contribution in [3.05, 3.63) is 53.3 Å². The number of nitrogens with zero attached hydrogens (tertiary/aromatic N) is 3. The second-order valence-corrected chi connectivity index (χ2v) is 7.92. The summed E-state index contributed by atoms with van der Waals surface area (Å²) in [4.78, 5) is 2.52. The summed E-state index contributed by atoms with van der Waals surface area (Å²) in [5.74, 6) is 1.10. The van der Waals surface area contributed by atoms with E-state index in [4.69, 9.17) is 10.8 Å². The van der Waals surface area contributed by atoms with Crippen molar-refractivity contribution in [2.75, 3.05) is 13.1 Å². The molecule has 2 aromatic rings. The van der Waals surface area contributed by atoms with E-state index in [1.54, 1.807) is 0 Å². The topological polar surface area (TPSA) is 47.1 Å². The van der Waals surface area contributed by atoms with Gasteiger partial charge in [0.25, 0.3) is 0 Å². The normalized spacial score (nSPS) is 25.5. The SMILES string of the molecule is Cn1cc(CN2C[C@@H](N)[C@H](c3ccccc3)C2)c(C2CCCCC2)n1. The molecule has 25 heavy (non-hydrogen) atoms. The van der Waals surface area contributed by atoms with Crippen LogP contribution < -0.4 is 5.73 Å². The van der Waals surface area contributed by atoms with Gasteiger partial charge in [0.1, 0.15) is 0 Å². The molecule has 2 fully saturated rings. The molecule has 0 amide bonds. The van der Waals surface area contributed by atoms with Crippen LogP contribution in [-0.2, 0) is 13.6 Å². The summed E-state index contributed by atoms with van der Waals surface area (Å²) in [5, 5.41) is 4.83. The maximum Gasteiger partial charge on any atom is 0.0700 e. The first kappa shape index (κ1) is 16.8. The van der Waals surface area contributed by atoms with E-state index in [9.17, 15) is 0 Å². The predicted molar refractivity (Wildman–Crippen MR) is 101 cm³/mol. The van der Waals surface area contributed by atoms with Gasteiger partial charge < -0.3 is 5.73 Å². The van der Waals surface area contributed by atoms with Crippen LogP contribution in [0.2, 0.25) is 0 Å². The number of nitrogens with two attached hydrogens (primary N) is 1. The highest BCUT2D eigenvalue weighted by Crippen LogP contribution is 2.35. The molecule has 2 aliphatic rings. The first-order chi connectivity index (χ1) is 12.2. The van der Waals surface area contributed by atoms with Gasteiger partial charge in [-0.1, -0.05) is 49.6 Å². The second kappa shape index (κ2) is 7.30. The van der Waals surface area contributed by atoms with E-state index in [-0.39, 0.29) is 6.04 Å². The van der Waals surface area contributed by atoms with Gasteiger partial charge in [0, 0.05) is 56.3 Å². The first-order valence-corrected chi connectivity index (χ1v) is 9.76. The molecule has 2 atom stereocenters. The number of likely N-dealkylation sites (tertiary alicyclic amines) is 1. The summed E-state index contributed by atoms with van der Waals surface area (Å²) >= 11 is 0. The molecule has 1 saturated carbocycles. The van der Waals surface area contributed by atoms with Crippen molar-refractivity contribution < 1.29 is 0 Å². The quantitative estimate of drug-likeness (QED) is 0.929. The highest BCUT2D eigenvalue weighted by atomic mass is 15.3. The van der Waals surface area contributed by atoms with Crippen LogP contribution in [0.5, 0.6) is 0 Å². The third-order valence-electron chi connectivity index (χ3n) is 5.99. The minimum Gasteiger partial charge on any atom is -0.326 e. The summed E-state index contributed by atoms with van der Waals surface area (Å²) in [6, 6.07) is 11.0. The van der Waals surface area contributed by atoms with E-state index in [1.165, 1.54) is 48.9 Å². The maximum absolute atomic E-state index is 6.48. The zero-order chi connectivity index (χ0) is 17.2. The zero-order valence-corrected chi connectivity index (χ0v) is 15.3. The van der Waals surface area contributed by atoms with Gasteiger partial charge in [0.2, 0.25) is 0 Å². The number of aromatic nitrogens is 2. The molecule has 0 unspecified atom stereocenters. The Bertz CT molecular complexity index is 687. The molecule has 1 aliphatic heterocycles. The predicted octanol–water partition coefficient (Wildman–Crippen LogP) is 3.39. The van der Waals surface area contributed by atoms with Crippen LogP contribution in [0.1, 0.15) is 60.8 Å². The first-order valence-electron chi connectivity index (χ1n) is 9.76. The summed E-state index contributed by atoms with van der Waals surface area (Å²) in [6.07, 6.45) is 8.92. The minimum absolute atomic E-state index is 0.220. The Hall–Kier alpha value is -1.65. The number of hydrogen-bond acceptors (Lipinski definition) is 3. The third kappa shape index (κ3) is 3.65. The van der Waals surface area contributed by atoms with E-state index >= 15 is 0 Å². The monoisotopic (exact) mass is 338 g/mol. The Morgan fingerprint density at radius 3 is 2.60 bits per heavy atom. The highest BCUT2D eigenvalue weighted by molar-refractivity contribution is 5.25. The number of rotatable bonds is 4. The molecule has 1 aromatic carbocycles. The Kier molecular flexibility index (Phi) is 4.91. The van der Waals surface area contributed by atoms with Gasteiger partial charge in [-0.3, -0.25) is 9.58 Å². The van der Waals surface area contributed by atoms with E-state index in [0.29, 0.717) is 11.8 Å². The number of hydrogen-bond donors (Lipinski definition) is 1. The van der Waals surface area contributed by atoms with Crippen molar-refractivity contribution in [2.45, 2.75) is 56.5 Å². The lowest BCUT2D eigenvalue weighted by molar-refractivity contribution is 0.320. The molecule has 2 heterocycles. The van der Waals surface area contributed by atoms with Crippen molar-refractivity contribution in [3.8, 4) is 0 Å². The Labute approximate surface area is 151 Å². The van der Waals surface area contributed by atoms with Crippen LogP contribution >= 0.6 is 0 Å². The fourth-order valence-electron chi connectivity index (χ4n) is 4.73. The fraction of sp³-hybridized carbons (Fsp3) is 0.571. The molecule has 4 heteroatoms. The minimum atomic E-state index is 0.220. The van der Waals surface area contributed by atoms with Crippen LogP contribution in [0.4, 0.5) is 0 Å². The average molecular weight is 338 g/mol. The van der Waals surface area contributed by atoms with Gasteiger partial charge in [-0.15, -0.1) is 0 Å². The van der Waals surface area contributed by atoms with Crippen LogP contribution in [0.15, 0.2) is 36.5 Å². The Morgan fingerprint density at radius 1 is 1.08 bits per heavy atom. The summed E-state index contributed by atoms with van der Waals surface area (Å²) in [6.45, 7) is 3.00. The summed E-state index contributed by atoms with van der Waals surface area (Å²) in [7, 11) is 2.05. The molecular formula is C21H30N4. The van der Waals surface area contributed by atoms with E-state index in [1.807, 2.05) is 4.68 Å². The van der Waals surface area contributed by atoms with Crippen molar-refractivity contribution >= 4 is 0 Å². The average Bonchev–Trinajstić information content (AvgIpc) is 3.19. The number of aryl methyl sites for hydroxylation is 1. The Morgan fingerprint density at radius 2 is 1.84 bits per heavy atom. The Balaban J connectivity index is 1.48. The lowest BCUT2D eigenvalue weighted by Gasteiger charge is -2.22. The molecule has 1 aliphatic carbocycles. The van der Waals surface area contributed by atoms with Gasteiger partial charge in [-0.25, -0.2) is 0 Å². The largest absolute Gasteiger partial charge is 0.326 e. The molecule has 0 bridgehead atoms. The van der Waals surface area contributed by atoms with Gasteiger partial charge in [-0.05, 0) is 18.4 Å². The zero-order valence-electron chi connectivity index (χ0n) is 15.3. The van der Waals surface area contributed by atoms with E-state index in [2.05, 4.69) is 48.5 Å². The molecule has 1 saturated heterocycles. The van der Waals surface area contributed by atoms with Gasteiger partial charge in [0.05, 0.1) is 5.69 Å². The summed E-state index contributed by atoms with van der Waals surface area (Å²) in [5.41, 5.74) is 10.6. The van der Waals surface area contributed by atoms with Crippen LogP contribution in [0.25, 0.3) is 0 Å². The van der Waals surface area contributed by atoms with E-state index < -0.39 is 0 Å². The lowest BCUT2D eigenvalue weighted by Crippen LogP contribution is -2.28. The van der Waals surface area contributed by atoms with Gasteiger partial charge >= 0.3 is 0 Å². The molecule has 1 aromatic heterocycles. The molecule has 0 radical (unpaired) electrons. The van der Waals surface area contributed by atoms with Gasteiger partial charge in [0.15, 0.2) is 0 Å². The standard InChI is InChI=1S/C21H30N4/c1-24-12-18(21(23-24)17-10-6-3-7-11-17)13-25-14-19(20(22)15-25)16-8-4-2-5-9-16/h2,4-5,8-9,12,17,19-20H,3,6-7,10-11,13-15,22H2,1H3/t19-,20+/m0/s1. The smallest absolute Gasteiger partial charge is 0.0700 e. The molecule has 0 spiro atoms. The highest BCUT2D eigenvalue weighted by Gasteiger charge is 2.32. The molecule has 2 N–H and O–H groups in total. The molecule has 4 nitrogen and oxygen atoms in total. The maximum atomic E-state index is 6.48. The van der Waals surface area contributed by atoms with Crippen LogP contribution in [0, 0.1) is 0 Å². The van der Waals surface area contributed by atoms with Gasteiger partial charge in [-0.2, -0.15) is 5.10 Å². The summed E-state index contributed by atoms with van der Waals surface area (Å²) < 4.78 is 2.00.